The molecule has 0 radical (unpaired) electrons. The quantitative estimate of drug-likeness (QED) is 0.831. The van der Waals surface area contributed by atoms with Crippen molar-refractivity contribution in [1.29, 1.82) is 0 Å². The molecule has 3 N–H and O–H groups in total. The van der Waals surface area contributed by atoms with Gasteiger partial charge in [0.25, 0.3) is 0 Å². The maximum atomic E-state index is 5.63. The zero-order valence-corrected chi connectivity index (χ0v) is 11.4. The van der Waals surface area contributed by atoms with Crippen molar-refractivity contribution >= 4 is 17.8 Å². The van der Waals surface area contributed by atoms with Gasteiger partial charge in [0, 0.05) is 14.1 Å². The first-order valence-electron chi connectivity index (χ1n) is 5.81. The largest absolute Gasteiger partial charge is 0.444 e. The minimum Gasteiger partial charge on any atom is -0.444 e. The lowest BCUT2D eigenvalue weighted by atomic mass is 10.4. The highest BCUT2D eigenvalue weighted by Crippen LogP contribution is 2.12. The molecule has 0 amide bonds. The molecule has 102 valence electrons. The number of nitrogen functional groups attached to an aromatic ring is 1. The van der Waals surface area contributed by atoms with Gasteiger partial charge in [0.1, 0.15) is 5.76 Å². The summed E-state index contributed by atoms with van der Waals surface area (Å²) in [4.78, 5) is 18.3. The summed E-state index contributed by atoms with van der Waals surface area (Å²) < 4.78 is 5.46. The number of nitrogens with two attached hydrogens (primary N) is 1. The Morgan fingerprint density at radius 1 is 1.16 bits per heavy atom. The van der Waals surface area contributed by atoms with Gasteiger partial charge in [-0.05, 0) is 13.8 Å². The van der Waals surface area contributed by atoms with Crippen LogP contribution >= 0.6 is 0 Å². The van der Waals surface area contributed by atoms with Crippen molar-refractivity contribution in [2.45, 2.75) is 20.4 Å². The molecule has 2 heterocycles. The Kier molecular flexibility index (Phi) is 3.50. The second-order valence-electron chi connectivity index (χ2n) is 4.31. The maximum absolute atomic E-state index is 5.63. The highest BCUT2D eigenvalue weighted by molar-refractivity contribution is 5.40. The Hall–Kier alpha value is -2.38. The number of oxazole rings is 1. The number of aryl methyl sites for hydroxylation is 2. The van der Waals surface area contributed by atoms with Gasteiger partial charge in [-0.1, -0.05) is 0 Å². The number of hydrogen-bond acceptors (Lipinski definition) is 8. The lowest BCUT2D eigenvalue weighted by molar-refractivity contribution is 0.478. The second kappa shape index (κ2) is 5.09. The molecule has 0 spiro atoms. The molecule has 2 aromatic rings. The third-order valence-electron chi connectivity index (χ3n) is 2.51. The van der Waals surface area contributed by atoms with E-state index in [-0.39, 0.29) is 5.95 Å². The number of rotatable bonds is 4. The summed E-state index contributed by atoms with van der Waals surface area (Å²) in [6, 6.07) is 0. The third kappa shape index (κ3) is 3.09. The van der Waals surface area contributed by atoms with E-state index in [4.69, 9.17) is 10.2 Å². The highest BCUT2D eigenvalue weighted by atomic mass is 16.4. The molecule has 0 fully saturated rings. The highest BCUT2D eigenvalue weighted by Gasteiger charge is 2.08. The van der Waals surface area contributed by atoms with E-state index in [0.29, 0.717) is 24.3 Å². The first kappa shape index (κ1) is 13.1. The van der Waals surface area contributed by atoms with Gasteiger partial charge in [0.15, 0.2) is 0 Å². The standard InChI is InChI=1S/C11H17N7O/c1-6-7(2)19-8(14-6)5-13-10-15-9(12)16-11(17-10)18(3)4/h5H2,1-4H3,(H3,12,13,15,16,17). The number of nitrogens with zero attached hydrogens (tertiary/aromatic N) is 5. The van der Waals surface area contributed by atoms with E-state index < -0.39 is 0 Å². The Morgan fingerprint density at radius 3 is 2.47 bits per heavy atom. The average molecular weight is 263 g/mol. The fraction of sp³-hybridized carbons (Fsp3) is 0.455. The van der Waals surface area contributed by atoms with Crippen LogP contribution in [0.25, 0.3) is 0 Å². The predicted molar refractivity (Wildman–Crippen MR) is 71.9 cm³/mol. The summed E-state index contributed by atoms with van der Waals surface area (Å²) in [6.07, 6.45) is 0. The molecule has 0 bridgehead atoms. The molecular formula is C11H17N7O. The molecule has 0 aromatic carbocycles. The van der Waals surface area contributed by atoms with Gasteiger partial charge in [-0.3, -0.25) is 0 Å². The lowest BCUT2D eigenvalue weighted by Gasteiger charge is -2.11. The zero-order chi connectivity index (χ0) is 14.0. The topological polar surface area (TPSA) is 106 Å². The van der Waals surface area contributed by atoms with E-state index >= 15 is 0 Å². The summed E-state index contributed by atoms with van der Waals surface area (Å²) in [5.41, 5.74) is 6.50. The van der Waals surface area contributed by atoms with Crippen LogP contribution in [-0.4, -0.2) is 34.0 Å². The van der Waals surface area contributed by atoms with Gasteiger partial charge >= 0.3 is 0 Å². The normalized spacial score (nSPS) is 10.5. The van der Waals surface area contributed by atoms with Crippen LogP contribution in [0.15, 0.2) is 4.42 Å². The number of nitrogens with one attached hydrogen (secondary N) is 1. The molecule has 0 atom stereocenters. The molecule has 0 saturated heterocycles. The summed E-state index contributed by atoms with van der Waals surface area (Å²) in [5, 5.41) is 3.01. The molecule has 19 heavy (non-hydrogen) atoms. The molecule has 0 saturated carbocycles. The molecule has 0 unspecified atom stereocenters. The SMILES string of the molecule is Cc1nc(CNc2nc(N)nc(N(C)C)n2)oc1C. The fourth-order valence-corrected chi connectivity index (χ4v) is 1.43. The molecular weight excluding hydrogens is 246 g/mol. The smallest absolute Gasteiger partial charge is 0.231 e. The summed E-state index contributed by atoms with van der Waals surface area (Å²) >= 11 is 0. The molecule has 0 aliphatic rings. The van der Waals surface area contributed by atoms with Gasteiger partial charge in [-0.15, -0.1) is 0 Å². The van der Waals surface area contributed by atoms with E-state index in [9.17, 15) is 0 Å². The van der Waals surface area contributed by atoms with Crippen LogP contribution in [0, 0.1) is 13.8 Å². The van der Waals surface area contributed by atoms with Crippen LogP contribution in [0.2, 0.25) is 0 Å². The molecule has 0 aliphatic carbocycles. The van der Waals surface area contributed by atoms with Crippen LogP contribution < -0.4 is 16.0 Å². The van der Waals surface area contributed by atoms with Crippen LogP contribution in [-0.2, 0) is 6.54 Å². The monoisotopic (exact) mass is 263 g/mol. The van der Waals surface area contributed by atoms with Crippen LogP contribution in [0.4, 0.5) is 17.8 Å². The van der Waals surface area contributed by atoms with Crippen molar-refractivity contribution in [1.82, 2.24) is 19.9 Å². The van der Waals surface area contributed by atoms with Crippen LogP contribution in [0.1, 0.15) is 17.3 Å². The summed E-state index contributed by atoms with van der Waals surface area (Å²) in [5.74, 6) is 2.45. The Bertz CT molecular complexity index is 559. The van der Waals surface area contributed by atoms with E-state index in [1.807, 2.05) is 27.9 Å². The average Bonchev–Trinajstić information content (AvgIpc) is 2.65. The maximum Gasteiger partial charge on any atom is 0.231 e. The molecule has 8 nitrogen and oxygen atoms in total. The second-order valence-corrected chi connectivity index (χ2v) is 4.31. The molecule has 0 aliphatic heterocycles. The van der Waals surface area contributed by atoms with E-state index in [1.165, 1.54) is 0 Å². The molecule has 2 rings (SSSR count). The third-order valence-corrected chi connectivity index (χ3v) is 2.51. The van der Waals surface area contributed by atoms with Crippen LogP contribution in [0.3, 0.4) is 0 Å². The van der Waals surface area contributed by atoms with Crippen molar-refractivity contribution in [2.24, 2.45) is 0 Å². The Morgan fingerprint density at radius 2 is 1.89 bits per heavy atom. The van der Waals surface area contributed by atoms with Crippen molar-refractivity contribution in [3.8, 4) is 0 Å². The zero-order valence-electron chi connectivity index (χ0n) is 11.4. The fourth-order valence-electron chi connectivity index (χ4n) is 1.43. The van der Waals surface area contributed by atoms with Gasteiger partial charge in [0.05, 0.1) is 12.2 Å². The number of anilines is 3. The van der Waals surface area contributed by atoms with Gasteiger partial charge < -0.3 is 20.4 Å². The van der Waals surface area contributed by atoms with Crippen LogP contribution in [0.5, 0.6) is 0 Å². The lowest BCUT2D eigenvalue weighted by Crippen LogP contribution is -2.16. The first-order valence-corrected chi connectivity index (χ1v) is 5.81. The summed E-state index contributed by atoms with van der Waals surface area (Å²) in [7, 11) is 3.67. The van der Waals surface area contributed by atoms with E-state index in [2.05, 4.69) is 25.3 Å². The molecule has 8 heteroatoms. The minimum absolute atomic E-state index is 0.168. The summed E-state index contributed by atoms with van der Waals surface area (Å²) in [6.45, 7) is 4.16. The molecule has 2 aromatic heterocycles. The van der Waals surface area contributed by atoms with Crippen molar-refractivity contribution < 1.29 is 4.42 Å². The number of hydrogen-bond donors (Lipinski definition) is 2. The minimum atomic E-state index is 0.168. The van der Waals surface area contributed by atoms with Gasteiger partial charge in [-0.25, -0.2) is 4.98 Å². The van der Waals surface area contributed by atoms with Crippen molar-refractivity contribution in [2.75, 3.05) is 30.0 Å². The van der Waals surface area contributed by atoms with Gasteiger partial charge in [0.2, 0.25) is 23.7 Å². The predicted octanol–water partition coefficient (Wildman–Crippen LogP) is 0.737. The van der Waals surface area contributed by atoms with Crippen molar-refractivity contribution in [3.05, 3.63) is 17.3 Å². The van der Waals surface area contributed by atoms with E-state index in [1.54, 1.807) is 4.90 Å². The number of aromatic nitrogens is 4. The first-order chi connectivity index (χ1) is 8.95. The van der Waals surface area contributed by atoms with Crippen molar-refractivity contribution in [3.63, 3.8) is 0 Å². The Balaban J connectivity index is 2.11. The van der Waals surface area contributed by atoms with Gasteiger partial charge in [-0.2, -0.15) is 15.0 Å². The Labute approximate surface area is 111 Å². The van der Waals surface area contributed by atoms with E-state index in [0.717, 1.165) is 11.5 Å².